The van der Waals surface area contributed by atoms with Gasteiger partial charge in [-0.3, -0.25) is 4.98 Å². The van der Waals surface area contributed by atoms with Gasteiger partial charge in [0, 0.05) is 12.7 Å². The summed E-state index contributed by atoms with van der Waals surface area (Å²) in [7, 11) is 2.81. The minimum Gasteiger partial charge on any atom is -0.534 e. The van der Waals surface area contributed by atoms with Crippen LogP contribution in [0.3, 0.4) is 0 Å². The average molecular weight is 708 g/mol. The Balaban J connectivity index is 0. The van der Waals surface area contributed by atoms with Crippen LogP contribution in [-0.2, 0) is 35.3 Å². The number of aromatic nitrogens is 1. The van der Waals surface area contributed by atoms with Gasteiger partial charge in [-0.1, -0.05) is 47.2 Å². The second kappa shape index (κ2) is 17.4. The van der Waals surface area contributed by atoms with E-state index < -0.39 is 5.60 Å². The van der Waals surface area contributed by atoms with Crippen molar-refractivity contribution in [3.8, 4) is 11.5 Å². The molecule has 0 bridgehead atoms. The zero-order chi connectivity index (χ0) is 30.0. The third-order valence-corrected chi connectivity index (χ3v) is 6.85. The summed E-state index contributed by atoms with van der Waals surface area (Å²) in [5.41, 5.74) is 11.3. The van der Waals surface area contributed by atoms with Crippen LogP contribution >= 0.6 is 0 Å². The summed E-state index contributed by atoms with van der Waals surface area (Å²) in [5.74, 6) is 1.13. The fourth-order valence-corrected chi connectivity index (χ4v) is 3.50. The van der Waals surface area contributed by atoms with E-state index in [2.05, 4.69) is 90.2 Å². The molecule has 0 aliphatic heterocycles. The summed E-state index contributed by atoms with van der Waals surface area (Å²) in [5, 5.41) is 0. The van der Waals surface area contributed by atoms with E-state index in [4.69, 9.17) is 9.15 Å². The topological polar surface area (TPSA) is 61.6 Å². The van der Waals surface area contributed by atoms with Crippen molar-refractivity contribution in [2.75, 3.05) is 14.2 Å². The van der Waals surface area contributed by atoms with E-state index in [1.807, 2.05) is 20.8 Å². The fraction of sp³-hybridized carbons (Fsp3) is 0.485. The van der Waals surface area contributed by atoms with Gasteiger partial charge in [0.1, 0.15) is 0 Å². The molecule has 216 valence electrons. The third-order valence-electron chi connectivity index (χ3n) is 6.85. The Kier molecular flexibility index (Phi) is 17.3. The van der Waals surface area contributed by atoms with Crippen molar-refractivity contribution in [2.45, 2.75) is 95.6 Å². The van der Waals surface area contributed by atoms with E-state index in [0.29, 0.717) is 5.89 Å². The molecule has 0 unspecified atom stereocenters. The number of nitrogens with zero attached hydrogens (tertiary/aromatic N) is 1. The third kappa shape index (κ3) is 10.6. The van der Waals surface area contributed by atoms with Crippen LogP contribution in [0.5, 0.6) is 0 Å². The molecule has 0 saturated carbocycles. The number of methoxy groups -OCH3 is 2. The largest absolute Gasteiger partial charge is 2.00 e. The summed E-state index contributed by atoms with van der Waals surface area (Å²) in [6, 6.07) is 7.45. The Bertz CT molecular complexity index is 1160. The molecular weight excluding hydrogens is 658 g/mol. The molecule has 0 N–H and O–H groups in total. The summed E-state index contributed by atoms with van der Waals surface area (Å²) in [4.78, 5) is 15.2. The average Bonchev–Trinajstić information content (AvgIpc) is 3.22. The Morgan fingerprint density at radius 1 is 0.872 bits per heavy atom. The van der Waals surface area contributed by atoms with Gasteiger partial charge in [-0.15, -0.1) is 0 Å². The van der Waals surface area contributed by atoms with E-state index in [1.165, 1.54) is 58.7 Å². The second-order valence-corrected chi connectivity index (χ2v) is 9.68. The van der Waals surface area contributed by atoms with Gasteiger partial charge in [-0.25, -0.2) is 11.7 Å². The maximum absolute atomic E-state index is 10.7. The number of benzene rings is 2. The van der Waals surface area contributed by atoms with Crippen LogP contribution in [0, 0.1) is 75.3 Å². The van der Waals surface area contributed by atoms with Crippen molar-refractivity contribution in [2.24, 2.45) is 0 Å². The molecule has 39 heavy (non-hydrogen) atoms. The molecule has 0 saturated heterocycles. The number of rotatable bonds is 3. The van der Waals surface area contributed by atoms with Gasteiger partial charge in [0.25, 0.3) is 0 Å². The SMILES string of the molecule is CC.COC(=O)C(C)(C)OC.Cc1[c-]c(C)c(C)cc1.[CH2-]c1nc(-c2c(C)c(C)c(C)c(C)c2C)oc1C.[W+2]. The van der Waals surface area contributed by atoms with Gasteiger partial charge < -0.3 is 13.9 Å². The van der Waals surface area contributed by atoms with E-state index in [9.17, 15) is 4.79 Å². The minimum atomic E-state index is -0.811. The predicted molar refractivity (Wildman–Crippen MR) is 159 cm³/mol. The monoisotopic (exact) mass is 707 g/mol. The Morgan fingerprint density at radius 3 is 1.64 bits per heavy atom. The van der Waals surface area contributed by atoms with Crippen molar-refractivity contribution in [3.63, 3.8) is 0 Å². The Labute approximate surface area is 252 Å². The standard InChI is InChI=1S/C16H20NO.C9H11.C6H12O3.C2H6.W/c1-8-9(2)11(4)15(12(5)10(8)3)16-17-13(6)14(7)18-16;1-7-4-5-8(2)9(3)6-7;1-6(2,9-4)5(7)8-3;1-2;/h6H2,1-5,7H3;4-5H,1-3H3;1-4H3;1-2H3;/q2*-1;;;+2. The van der Waals surface area contributed by atoms with Crippen molar-refractivity contribution in [1.29, 1.82) is 0 Å². The molecule has 0 radical (unpaired) electrons. The number of oxazole rings is 1. The number of carbonyl (C=O) groups excluding carboxylic acids is 1. The van der Waals surface area contributed by atoms with Crippen molar-refractivity contribution in [3.05, 3.63) is 81.1 Å². The van der Waals surface area contributed by atoms with Crippen LogP contribution in [0.15, 0.2) is 16.5 Å². The molecule has 0 aliphatic rings. The fourth-order valence-electron chi connectivity index (χ4n) is 3.50. The predicted octanol–water partition coefficient (Wildman–Crippen LogP) is 8.39. The summed E-state index contributed by atoms with van der Waals surface area (Å²) < 4.78 is 15.0. The van der Waals surface area contributed by atoms with E-state index >= 15 is 0 Å². The first-order valence-corrected chi connectivity index (χ1v) is 13.0. The van der Waals surface area contributed by atoms with Crippen LogP contribution in [0.2, 0.25) is 0 Å². The van der Waals surface area contributed by atoms with Crippen LogP contribution in [0.4, 0.5) is 0 Å². The van der Waals surface area contributed by atoms with Gasteiger partial charge >= 0.3 is 27.0 Å². The zero-order valence-corrected chi connectivity index (χ0v) is 29.8. The molecule has 0 aliphatic carbocycles. The van der Waals surface area contributed by atoms with Gasteiger partial charge in [0.2, 0.25) is 5.89 Å². The zero-order valence-electron chi connectivity index (χ0n) is 26.9. The number of hydrogen-bond donors (Lipinski definition) is 0. The molecule has 0 amide bonds. The van der Waals surface area contributed by atoms with Crippen LogP contribution in [-0.4, -0.2) is 30.8 Å². The molecule has 6 heteroatoms. The minimum absolute atomic E-state index is 0. The molecule has 0 spiro atoms. The van der Waals surface area contributed by atoms with E-state index in [-0.39, 0.29) is 27.0 Å². The van der Waals surface area contributed by atoms with Crippen LogP contribution in [0.1, 0.15) is 83.7 Å². The quantitative estimate of drug-likeness (QED) is 0.202. The van der Waals surface area contributed by atoms with Crippen LogP contribution in [0.25, 0.3) is 11.5 Å². The first kappa shape index (κ1) is 38.8. The molecule has 5 nitrogen and oxygen atoms in total. The van der Waals surface area contributed by atoms with Gasteiger partial charge in [0.15, 0.2) is 5.60 Å². The smallest absolute Gasteiger partial charge is 0.534 e. The van der Waals surface area contributed by atoms with E-state index in [0.717, 1.165) is 17.0 Å². The maximum atomic E-state index is 10.7. The molecule has 3 rings (SSSR count). The molecular formula is C33H49NO4W. The maximum Gasteiger partial charge on any atom is 2.00 e. The van der Waals surface area contributed by atoms with Gasteiger partial charge in [-0.2, -0.15) is 34.9 Å². The van der Waals surface area contributed by atoms with Crippen molar-refractivity contribution >= 4 is 5.97 Å². The van der Waals surface area contributed by atoms with Crippen molar-refractivity contribution in [1.82, 2.24) is 4.98 Å². The normalized spacial score (nSPS) is 10.0. The number of hydrogen-bond acceptors (Lipinski definition) is 5. The molecule has 1 heterocycles. The van der Waals surface area contributed by atoms with Gasteiger partial charge in [0.05, 0.1) is 7.11 Å². The number of ether oxygens (including phenoxy) is 2. The first-order chi connectivity index (χ1) is 17.6. The Morgan fingerprint density at radius 2 is 1.33 bits per heavy atom. The summed E-state index contributed by atoms with van der Waals surface area (Å²) >= 11 is 0. The van der Waals surface area contributed by atoms with E-state index in [1.54, 1.807) is 13.8 Å². The molecule has 0 fully saturated rings. The van der Waals surface area contributed by atoms with Crippen LogP contribution < -0.4 is 0 Å². The molecule has 1 aromatic heterocycles. The first-order valence-electron chi connectivity index (χ1n) is 13.0. The summed E-state index contributed by atoms with van der Waals surface area (Å²) in [6.07, 6.45) is 0. The second-order valence-electron chi connectivity index (χ2n) is 9.68. The Hall–Kier alpha value is -2.36. The number of aryl methyl sites for hydroxylation is 4. The molecule has 3 aromatic rings. The summed E-state index contributed by atoms with van der Waals surface area (Å²) in [6.45, 7) is 30.1. The number of esters is 1. The van der Waals surface area contributed by atoms with Crippen molar-refractivity contribution < 1.29 is 39.8 Å². The number of carbonyl (C=O) groups is 1. The molecule has 0 atom stereocenters. The molecule has 2 aromatic carbocycles. The van der Waals surface area contributed by atoms with Gasteiger partial charge in [-0.05, 0) is 82.0 Å².